The van der Waals surface area contributed by atoms with E-state index in [9.17, 15) is 9.90 Å². The molecule has 0 saturated carbocycles. The van der Waals surface area contributed by atoms with Gasteiger partial charge < -0.3 is 10.2 Å². The predicted molar refractivity (Wildman–Crippen MR) is 63.3 cm³/mol. The molecule has 1 aliphatic rings. The van der Waals surface area contributed by atoms with Gasteiger partial charge in [0.25, 0.3) is 0 Å². The predicted octanol–water partition coefficient (Wildman–Crippen LogP) is 1.65. The fraction of sp³-hybridized carbons (Fsp3) is 0.273. The van der Waals surface area contributed by atoms with Crippen molar-refractivity contribution in [2.45, 2.75) is 13.0 Å². The molecule has 2 N–H and O–H groups in total. The number of aliphatic imine (C=N–C) groups is 1. The molecule has 1 aromatic carbocycles. The Bertz CT molecular complexity index is 470. The number of aliphatic carboxylic acids is 1. The number of benzene rings is 1. The standard InChI is InChI=1S/C11H11NO3S/c1-6-2-3-7(4-9(6)13)10-12-8(5-16-10)11(14)15/h2-4,8,13H,5H2,1H3,(H,14,15). The second-order valence-corrected chi connectivity index (χ2v) is 4.61. The summed E-state index contributed by atoms with van der Waals surface area (Å²) >= 11 is 1.40. The minimum atomic E-state index is -0.904. The topological polar surface area (TPSA) is 69.9 Å². The maximum Gasteiger partial charge on any atom is 0.329 e. The maximum atomic E-state index is 10.7. The monoisotopic (exact) mass is 237 g/mol. The molecule has 2 rings (SSSR count). The van der Waals surface area contributed by atoms with Gasteiger partial charge in [-0.3, -0.25) is 4.99 Å². The SMILES string of the molecule is Cc1ccc(C2=NC(C(=O)O)CS2)cc1O. The van der Waals surface area contributed by atoms with Crippen LogP contribution in [-0.4, -0.2) is 33.0 Å². The molecule has 1 aromatic rings. The first-order valence-electron chi connectivity index (χ1n) is 4.81. The molecule has 1 unspecified atom stereocenters. The van der Waals surface area contributed by atoms with Gasteiger partial charge in [-0.05, 0) is 18.6 Å². The smallest absolute Gasteiger partial charge is 0.329 e. The van der Waals surface area contributed by atoms with E-state index >= 15 is 0 Å². The summed E-state index contributed by atoms with van der Waals surface area (Å²) in [6, 6.07) is 4.58. The van der Waals surface area contributed by atoms with Crippen LogP contribution < -0.4 is 0 Å². The number of carboxylic acids is 1. The van der Waals surface area contributed by atoms with Crippen LogP contribution in [0.15, 0.2) is 23.2 Å². The lowest BCUT2D eigenvalue weighted by atomic mass is 10.1. The minimum Gasteiger partial charge on any atom is -0.508 e. The zero-order valence-electron chi connectivity index (χ0n) is 8.67. The molecular formula is C11H11NO3S. The van der Waals surface area contributed by atoms with Crippen LogP contribution in [0.25, 0.3) is 0 Å². The lowest BCUT2D eigenvalue weighted by molar-refractivity contribution is -0.137. The highest BCUT2D eigenvalue weighted by Gasteiger charge is 2.25. The molecule has 1 atom stereocenters. The second-order valence-electron chi connectivity index (χ2n) is 3.60. The zero-order valence-corrected chi connectivity index (χ0v) is 9.49. The van der Waals surface area contributed by atoms with E-state index in [-0.39, 0.29) is 5.75 Å². The van der Waals surface area contributed by atoms with Crippen molar-refractivity contribution in [2.24, 2.45) is 4.99 Å². The van der Waals surface area contributed by atoms with Crippen molar-refractivity contribution in [2.75, 3.05) is 5.75 Å². The lowest BCUT2D eigenvalue weighted by Gasteiger charge is -2.02. The number of phenolic OH excluding ortho intramolecular Hbond substituents is 1. The van der Waals surface area contributed by atoms with Gasteiger partial charge in [0.2, 0.25) is 0 Å². The highest BCUT2D eigenvalue weighted by atomic mass is 32.2. The number of hydrogen-bond acceptors (Lipinski definition) is 4. The fourth-order valence-corrected chi connectivity index (χ4v) is 2.43. The van der Waals surface area contributed by atoms with Gasteiger partial charge in [-0.1, -0.05) is 12.1 Å². The van der Waals surface area contributed by atoms with E-state index in [1.165, 1.54) is 11.8 Å². The summed E-state index contributed by atoms with van der Waals surface area (Å²) in [6.45, 7) is 1.81. The summed E-state index contributed by atoms with van der Waals surface area (Å²) in [5.41, 5.74) is 1.57. The minimum absolute atomic E-state index is 0.208. The van der Waals surface area contributed by atoms with Gasteiger partial charge in [0, 0.05) is 11.3 Å². The summed E-state index contributed by atoms with van der Waals surface area (Å²) in [7, 11) is 0. The molecule has 16 heavy (non-hydrogen) atoms. The van der Waals surface area contributed by atoms with Crippen LogP contribution in [-0.2, 0) is 4.79 Å². The Balaban J connectivity index is 2.29. The maximum absolute atomic E-state index is 10.7. The van der Waals surface area contributed by atoms with E-state index in [1.807, 2.05) is 13.0 Å². The molecule has 0 amide bonds. The highest BCUT2D eigenvalue weighted by Crippen LogP contribution is 2.26. The number of nitrogens with zero attached hydrogens (tertiary/aromatic N) is 1. The third-order valence-corrected chi connectivity index (χ3v) is 3.49. The number of thioether (sulfide) groups is 1. The summed E-state index contributed by atoms with van der Waals surface area (Å²) in [6.07, 6.45) is 0. The van der Waals surface area contributed by atoms with Crippen LogP contribution in [0.2, 0.25) is 0 Å². The van der Waals surface area contributed by atoms with Crippen molar-refractivity contribution in [3.63, 3.8) is 0 Å². The van der Waals surface area contributed by atoms with Gasteiger partial charge in [-0.2, -0.15) is 0 Å². The summed E-state index contributed by atoms with van der Waals surface area (Å²) < 4.78 is 0. The van der Waals surface area contributed by atoms with Crippen LogP contribution in [0.5, 0.6) is 5.75 Å². The summed E-state index contributed by atoms with van der Waals surface area (Å²) in [4.78, 5) is 14.8. The van der Waals surface area contributed by atoms with E-state index in [1.54, 1.807) is 12.1 Å². The third-order valence-electron chi connectivity index (χ3n) is 2.39. The lowest BCUT2D eigenvalue weighted by Crippen LogP contribution is -2.17. The van der Waals surface area contributed by atoms with E-state index in [4.69, 9.17) is 5.11 Å². The molecular weight excluding hydrogens is 226 g/mol. The van der Waals surface area contributed by atoms with Crippen LogP contribution in [0.3, 0.4) is 0 Å². The number of hydrogen-bond donors (Lipinski definition) is 2. The van der Waals surface area contributed by atoms with Crippen molar-refractivity contribution in [1.29, 1.82) is 0 Å². The van der Waals surface area contributed by atoms with Gasteiger partial charge >= 0.3 is 5.97 Å². The van der Waals surface area contributed by atoms with Crippen LogP contribution >= 0.6 is 11.8 Å². The number of aryl methyl sites for hydroxylation is 1. The van der Waals surface area contributed by atoms with Crippen LogP contribution in [0.1, 0.15) is 11.1 Å². The van der Waals surface area contributed by atoms with Crippen molar-refractivity contribution in [1.82, 2.24) is 0 Å². The molecule has 1 aliphatic heterocycles. The molecule has 0 saturated heterocycles. The molecule has 0 aromatic heterocycles. The summed E-state index contributed by atoms with van der Waals surface area (Å²) in [5.74, 6) is -0.238. The third kappa shape index (κ3) is 2.04. The van der Waals surface area contributed by atoms with Gasteiger partial charge in [0.15, 0.2) is 6.04 Å². The molecule has 4 nitrogen and oxygen atoms in total. The quantitative estimate of drug-likeness (QED) is 0.820. The van der Waals surface area contributed by atoms with Crippen molar-refractivity contribution >= 4 is 22.8 Å². The molecule has 5 heteroatoms. The average molecular weight is 237 g/mol. The first-order chi connectivity index (χ1) is 7.58. The number of rotatable bonds is 2. The molecule has 0 aliphatic carbocycles. The summed E-state index contributed by atoms with van der Waals surface area (Å²) in [5, 5.41) is 19.0. The molecule has 0 bridgehead atoms. The Morgan fingerprint density at radius 1 is 1.56 bits per heavy atom. The van der Waals surface area contributed by atoms with Crippen molar-refractivity contribution in [3.05, 3.63) is 29.3 Å². The van der Waals surface area contributed by atoms with Gasteiger partial charge in [0.1, 0.15) is 5.75 Å². The largest absolute Gasteiger partial charge is 0.508 e. The Morgan fingerprint density at radius 2 is 2.31 bits per heavy atom. The first kappa shape index (κ1) is 11.0. The number of carboxylic acid groups (broad SMARTS) is 1. The second kappa shape index (κ2) is 4.17. The normalized spacial score (nSPS) is 19.6. The molecule has 84 valence electrons. The Labute approximate surface area is 97.0 Å². The van der Waals surface area contributed by atoms with E-state index in [0.29, 0.717) is 10.8 Å². The van der Waals surface area contributed by atoms with Gasteiger partial charge in [-0.15, -0.1) is 11.8 Å². The molecule has 0 radical (unpaired) electrons. The average Bonchev–Trinajstić information content (AvgIpc) is 2.71. The molecule has 1 heterocycles. The fourth-order valence-electron chi connectivity index (χ4n) is 1.40. The van der Waals surface area contributed by atoms with Gasteiger partial charge in [-0.25, -0.2) is 4.79 Å². The Kier molecular flexibility index (Phi) is 2.87. The van der Waals surface area contributed by atoms with Gasteiger partial charge in [0.05, 0.1) is 5.04 Å². The van der Waals surface area contributed by atoms with Crippen LogP contribution in [0, 0.1) is 6.92 Å². The molecule has 0 fully saturated rings. The van der Waals surface area contributed by atoms with E-state index < -0.39 is 12.0 Å². The van der Waals surface area contributed by atoms with Crippen LogP contribution in [0.4, 0.5) is 0 Å². The van der Waals surface area contributed by atoms with E-state index in [2.05, 4.69) is 4.99 Å². The molecule has 0 spiro atoms. The Hall–Kier alpha value is -1.49. The zero-order chi connectivity index (χ0) is 11.7. The highest BCUT2D eigenvalue weighted by molar-refractivity contribution is 8.14. The first-order valence-corrected chi connectivity index (χ1v) is 5.80. The number of aromatic hydroxyl groups is 1. The van der Waals surface area contributed by atoms with Crippen molar-refractivity contribution in [3.8, 4) is 5.75 Å². The van der Waals surface area contributed by atoms with Crippen molar-refractivity contribution < 1.29 is 15.0 Å². The number of phenols is 1. The Morgan fingerprint density at radius 3 is 2.88 bits per heavy atom. The van der Waals surface area contributed by atoms with E-state index in [0.717, 1.165) is 11.1 Å². The number of carbonyl (C=O) groups is 1.